The highest BCUT2D eigenvalue weighted by Gasteiger charge is 2.48. The number of rotatable bonds is 8. The lowest BCUT2D eigenvalue weighted by Gasteiger charge is -2.41. The maximum atomic E-state index is 14.5. The van der Waals surface area contributed by atoms with Crippen molar-refractivity contribution in [1.82, 2.24) is 14.2 Å². The zero-order valence-corrected chi connectivity index (χ0v) is 25.8. The third kappa shape index (κ3) is 6.05. The highest BCUT2D eigenvalue weighted by molar-refractivity contribution is 7.89. The Kier molecular flexibility index (Phi) is 9.36. The van der Waals surface area contributed by atoms with E-state index in [2.05, 4.69) is 4.98 Å². The van der Waals surface area contributed by atoms with E-state index in [1.807, 2.05) is 6.07 Å². The predicted octanol–water partition coefficient (Wildman–Crippen LogP) is 5.23. The minimum atomic E-state index is -5.39. The van der Waals surface area contributed by atoms with Crippen LogP contribution in [0.25, 0.3) is 0 Å². The number of benzene rings is 2. The number of carbonyl (C=O) groups excluding carboxylic acids is 2. The Labute approximate surface area is 262 Å². The summed E-state index contributed by atoms with van der Waals surface area (Å²) in [6.45, 7) is -0.682. The molecule has 9 nitrogen and oxygen atoms in total. The van der Waals surface area contributed by atoms with Crippen LogP contribution in [0.4, 0.5) is 27.6 Å². The van der Waals surface area contributed by atoms with Gasteiger partial charge in [-0.2, -0.15) is 4.31 Å². The van der Waals surface area contributed by atoms with Crippen molar-refractivity contribution in [2.45, 2.75) is 61.9 Å². The number of aromatic hydroxyl groups is 1. The van der Waals surface area contributed by atoms with Gasteiger partial charge in [0.1, 0.15) is 11.8 Å². The quantitative estimate of drug-likeness (QED) is 0.200. The number of pyridine rings is 1. The maximum absolute atomic E-state index is 14.5. The molecule has 15 heteroatoms. The number of nitrogens with zero attached hydrogens (tertiary/aromatic N) is 4. The van der Waals surface area contributed by atoms with Gasteiger partial charge in [0.15, 0.2) is 28.2 Å². The number of phenolic OH excluding ortho intramolecular Hbond substituents is 1. The van der Waals surface area contributed by atoms with E-state index >= 15 is 0 Å². The standard InChI is InChI=1S/C31H31F5N4O5S/c1-38(2)30(42)21-11-10-20(14-23(21)41)39(16-19-9-8-18(15-37-19)17-6-4-3-5-7-17)31(43)22-12-13-40(22)46(44,45)29-27(35)25(33)24(32)26(34)28(29)36/h8-11,14-15,17,22,41H,3-7,12-13,16H2,1-2H3. The molecule has 46 heavy (non-hydrogen) atoms. The molecule has 0 bridgehead atoms. The van der Waals surface area contributed by atoms with Crippen LogP contribution in [-0.4, -0.2) is 66.2 Å². The van der Waals surface area contributed by atoms with Gasteiger partial charge in [-0.15, -0.1) is 0 Å². The highest BCUT2D eigenvalue weighted by atomic mass is 32.2. The van der Waals surface area contributed by atoms with Gasteiger partial charge >= 0.3 is 0 Å². The summed E-state index contributed by atoms with van der Waals surface area (Å²) in [5.74, 6) is -14.0. The molecule has 1 atom stereocenters. The van der Waals surface area contributed by atoms with Crippen molar-refractivity contribution in [2.24, 2.45) is 0 Å². The van der Waals surface area contributed by atoms with Crippen LogP contribution in [0, 0.1) is 29.1 Å². The molecule has 1 saturated carbocycles. The molecule has 0 radical (unpaired) electrons. The van der Waals surface area contributed by atoms with E-state index < -0.39 is 74.2 Å². The zero-order chi connectivity index (χ0) is 33.5. The predicted molar refractivity (Wildman–Crippen MR) is 156 cm³/mol. The van der Waals surface area contributed by atoms with Crippen LogP contribution in [0.2, 0.25) is 0 Å². The van der Waals surface area contributed by atoms with E-state index in [4.69, 9.17) is 0 Å². The number of aromatic nitrogens is 1. The van der Waals surface area contributed by atoms with Gasteiger partial charge in [-0.25, -0.2) is 30.4 Å². The van der Waals surface area contributed by atoms with Gasteiger partial charge in [0, 0.05) is 38.6 Å². The average molecular weight is 667 g/mol. The number of carbonyl (C=O) groups is 2. The van der Waals surface area contributed by atoms with Crippen LogP contribution >= 0.6 is 0 Å². The van der Waals surface area contributed by atoms with Crippen LogP contribution in [0.5, 0.6) is 5.75 Å². The fourth-order valence-corrected chi connectivity index (χ4v) is 7.52. The third-order valence-electron chi connectivity index (χ3n) is 8.43. The molecule has 5 rings (SSSR count). The topological polar surface area (TPSA) is 111 Å². The summed E-state index contributed by atoms with van der Waals surface area (Å²) < 4.78 is 97.4. The largest absolute Gasteiger partial charge is 0.507 e. The summed E-state index contributed by atoms with van der Waals surface area (Å²) in [6, 6.07) is 5.76. The van der Waals surface area contributed by atoms with E-state index in [9.17, 15) is 45.1 Å². The summed E-state index contributed by atoms with van der Waals surface area (Å²) >= 11 is 0. The number of amides is 2. The number of hydrogen-bond donors (Lipinski definition) is 1. The number of anilines is 1. The number of hydrogen-bond acceptors (Lipinski definition) is 6. The Morgan fingerprint density at radius 2 is 1.54 bits per heavy atom. The molecule has 2 aliphatic rings. The molecule has 246 valence electrons. The van der Waals surface area contributed by atoms with E-state index in [1.165, 1.54) is 37.5 Å². The summed E-state index contributed by atoms with van der Waals surface area (Å²) in [4.78, 5) is 31.2. The second-order valence-corrected chi connectivity index (χ2v) is 13.4. The minimum Gasteiger partial charge on any atom is -0.507 e. The van der Waals surface area contributed by atoms with Crippen LogP contribution < -0.4 is 4.90 Å². The summed E-state index contributed by atoms with van der Waals surface area (Å²) in [6.07, 6.45) is 7.00. The van der Waals surface area contributed by atoms with Gasteiger partial charge in [0.2, 0.25) is 21.7 Å². The molecule has 3 aromatic rings. The van der Waals surface area contributed by atoms with Crippen molar-refractivity contribution in [3.05, 3.63) is 82.4 Å². The van der Waals surface area contributed by atoms with Crippen molar-refractivity contribution >= 4 is 27.5 Å². The fraction of sp³-hybridized carbons (Fsp3) is 0.387. The molecule has 0 spiro atoms. The van der Waals surface area contributed by atoms with Crippen molar-refractivity contribution in [2.75, 3.05) is 25.5 Å². The fourth-order valence-electron chi connectivity index (χ4n) is 5.78. The molecule has 1 unspecified atom stereocenters. The van der Waals surface area contributed by atoms with Crippen molar-refractivity contribution in [1.29, 1.82) is 0 Å². The Hall–Kier alpha value is -4.11. The number of phenols is 1. The third-order valence-corrected chi connectivity index (χ3v) is 10.4. The highest BCUT2D eigenvalue weighted by Crippen LogP contribution is 2.36. The minimum absolute atomic E-state index is 0.0384. The smallest absolute Gasteiger partial charge is 0.257 e. The molecule has 1 N–H and O–H groups in total. The second kappa shape index (κ2) is 12.9. The first kappa shape index (κ1) is 33.3. The normalized spacial score (nSPS) is 17.4. The molecule has 2 aromatic carbocycles. The molecular formula is C31H31F5N4O5S. The second-order valence-electron chi connectivity index (χ2n) is 11.6. The molecule has 1 aliphatic carbocycles. The van der Waals surface area contributed by atoms with E-state index in [0.29, 0.717) is 15.9 Å². The lowest BCUT2D eigenvalue weighted by atomic mass is 9.85. The van der Waals surface area contributed by atoms with Crippen LogP contribution in [0.3, 0.4) is 0 Å². The van der Waals surface area contributed by atoms with Crippen molar-refractivity contribution in [3.8, 4) is 5.75 Å². The number of halogens is 5. The van der Waals surface area contributed by atoms with E-state index in [-0.39, 0.29) is 24.2 Å². The summed E-state index contributed by atoms with van der Waals surface area (Å²) in [7, 11) is -2.43. The molecule has 1 aromatic heterocycles. The van der Waals surface area contributed by atoms with E-state index in [1.54, 1.807) is 12.3 Å². The van der Waals surface area contributed by atoms with Crippen LogP contribution in [0.1, 0.15) is 66.1 Å². The molecule has 1 aliphatic heterocycles. The van der Waals surface area contributed by atoms with Crippen molar-refractivity contribution in [3.63, 3.8) is 0 Å². The van der Waals surface area contributed by atoms with Gasteiger partial charge in [0.05, 0.1) is 17.8 Å². The van der Waals surface area contributed by atoms with Gasteiger partial charge in [-0.1, -0.05) is 25.3 Å². The first-order valence-electron chi connectivity index (χ1n) is 14.6. The van der Waals surface area contributed by atoms with E-state index in [0.717, 1.165) is 42.2 Å². The molecule has 2 heterocycles. The summed E-state index contributed by atoms with van der Waals surface area (Å²) in [5.41, 5.74) is 1.38. The molecule has 1 saturated heterocycles. The lowest BCUT2D eigenvalue weighted by molar-refractivity contribution is -0.125. The Morgan fingerprint density at radius 3 is 2.07 bits per heavy atom. The van der Waals surface area contributed by atoms with Crippen LogP contribution in [-0.2, 0) is 21.4 Å². The maximum Gasteiger partial charge on any atom is 0.257 e. The van der Waals surface area contributed by atoms with Crippen molar-refractivity contribution < 1.29 is 45.1 Å². The average Bonchev–Trinajstić information content (AvgIpc) is 3.01. The molecular weight excluding hydrogens is 635 g/mol. The van der Waals surface area contributed by atoms with Gasteiger partial charge in [-0.05, 0) is 48.9 Å². The van der Waals surface area contributed by atoms with Gasteiger partial charge in [-0.3, -0.25) is 14.6 Å². The monoisotopic (exact) mass is 666 g/mol. The lowest BCUT2D eigenvalue weighted by Crippen LogP contribution is -2.59. The zero-order valence-electron chi connectivity index (χ0n) is 24.9. The number of sulfonamides is 1. The van der Waals surface area contributed by atoms with Crippen LogP contribution in [0.15, 0.2) is 41.4 Å². The SMILES string of the molecule is CN(C)C(=O)c1ccc(N(Cc2ccc(C3CCCCC3)cn2)C(=O)C2CCN2S(=O)(=O)c2c(F)c(F)c(F)c(F)c2F)cc1O. The Morgan fingerprint density at radius 1 is 0.913 bits per heavy atom. The molecule has 2 fully saturated rings. The molecule has 2 amide bonds. The Bertz CT molecular complexity index is 1750. The first-order chi connectivity index (χ1) is 21.7. The van der Waals surface area contributed by atoms with Gasteiger partial charge in [0.25, 0.3) is 5.91 Å². The first-order valence-corrected chi connectivity index (χ1v) is 16.0. The van der Waals surface area contributed by atoms with Gasteiger partial charge < -0.3 is 14.9 Å². The summed E-state index contributed by atoms with van der Waals surface area (Å²) in [5, 5.41) is 10.7. The Balaban J connectivity index is 1.50.